The lowest BCUT2D eigenvalue weighted by atomic mass is 10.2. The molecule has 0 saturated carbocycles. The Hall–Kier alpha value is -3.74. The highest BCUT2D eigenvalue weighted by Gasteiger charge is 2.08. The van der Waals surface area contributed by atoms with E-state index in [1.54, 1.807) is 4.52 Å². The molecule has 5 rings (SSSR count). The third kappa shape index (κ3) is 2.96. The van der Waals surface area contributed by atoms with Crippen molar-refractivity contribution in [2.75, 3.05) is 6.61 Å². The van der Waals surface area contributed by atoms with Crippen LogP contribution in [0.1, 0.15) is 5.56 Å². The van der Waals surface area contributed by atoms with Gasteiger partial charge < -0.3 is 4.74 Å². The molecule has 0 unspecified atom stereocenters. The predicted molar refractivity (Wildman–Crippen MR) is 106 cm³/mol. The Morgan fingerprint density at radius 1 is 0.964 bits per heavy atom. The fourth-order valence-corrected chi connectivity index (χ4v) is 3.19. The average Bonchev–Trinajstić information content (AvgIpc) is 3.34. The van der Waals surface area contributed by atoms with Gasteiger partial charge in [0.25, 0.3) is 0 Å². The van der Waals surface area contributed by atoms with Gasteiger partial charge in [0.05, 0.1) is 12.1 Å². The second kappa shape index (κ2) is 6.77. The summed E-state index contributed by atoms with van der Waals surface area (Å²) in [7, 11) is 0. The van der Waals surface area contributed by atoms with Crippen LogP contribution in [0.15, 0.2) is 66.9 Å². The zero-order valence-corrected chi connectivity index (χ0v) is 15.4. The number of hydrogen-bond acceptors (Lipinski definition) is 5. The lowest BCUT2D eigenvalue weighted by molar-refractivity contribution is 0.292. The molecule has 5 aromatic rings. The van der Waals surface area contributed by atoms with Crippen molar-refractivity contribution in [1.29, 1.82) is 0 Å². The minimum atomic E-state index is 0.512. The first-order chi connectivity index (χ1) is 13.8. The van der Waals surface area contributed by atoms with E-state index in [0.29, 0.717) is 19.0 Å². The molecule has 0 atom stereocenters. The normalized spacial score (nSPS) is 11.3. The van der Waals surface area contributed by atoms with Gasteiger partial charge in [-0.25, -0.2) is 14.2 Å². The molecule has 7 heteroatoms. The summed E-state index contributed by atoms with van der Waals surface area (Å²) in [4.78, 5) is 4.63. The molecule has 2 aromatic carbocycles. The number of nitrogens with zero attached hydrogens (tertiary/aromatic N) is 6. The van der Waals surface area contributed by atoms with Gasteiger partial charge >= 0.3 is 0 Å². The Morgan fingerprint density at radius 3 is 2.68 bits per heavy atom. The molecule has 0 bridgehead atoms. The molecular weight excluding hydrogens is 352 g/mol. The van der Waals surface area contributed by atoms with Crippen LogP contribution in [0.25, 0.3) is 28.1 Å². The Balaban J connectivity index is 1.28. The molecule has 0 spiro atoms. The van der Waals surface area contributed by atoms with Crippen molar-refractivity contribution >= 4 is 16.7 Å². The van der Waals surface area contributed by atoms with Crippen LogP contribution in [0.3, 0.4) is 0 Å². The van der Waals surface area contributed by atoms with Crippen molar-refractivity contribution < 1.29 is 4.74 Å². The standard InChI is InChI=1S/C21H18N6O/c1-15-5-4-12-27-21(15)22-20(24-27)16-8-10-17(11-9-16)28-14-13-26-19-7-3-2-6-18(19)23-25-26/h2-12H,13-14H2,1H3. The summed E-state index contributed by atoms with van der Waals surface area (Å²) in [5.74, 6) is 1.50. The first-order valence-corrected chi connectivity index (χ1v) is 9.11. The molecule has 3 heterocycles. The van der Waals surface area contributed by atoms with Gasteiger partial charge in [0.2, 0.25) is 0 Å². The second-order valence-corrected chi connectivity index (χ2v) is 6.57. The van der Waals surface area contributed by atoms with E-state index in [9.17, 15) is 0 Å². The smallest absolute Gasteiger partial charge is 0.182 e. The van der Waals surface area contributed by atoms with Gasteiger partial charge in [-0.3, -0.25) is 0 Å². The average molecular weight is 370 g/mol. The number of pyridine rings is 1. The first kappa shape index (κ1) is 16.4. The quantitative estimate of drug-likeness (QED) is 0.473. The summed E-state index contributed by atoms with van der Waals surface area (Å²) in [6, 6.07) is 19.7. The number of rotatable bonds is 5. The number of fused-ring (bicyclic) bond motifs is 2. The number of ether oxygens (including phenoxy) is 1. The maximum absolute atomic E-state index is 5.86. The molecule has 0 aliphatic rings. The van der Waals surface area contributed by atoms with Crippen LogP contribution >= 0.6 is 0 Å². The van der Waals surface area contributed by atoms with Crippen LogP contribution in [0.2, 0.25) is 0 Å². The molecule has 7 nitrogen and oxygen atoms in total. The highest BCUT2D eigenvalue weighted by atomic mass is 16.5. The van der Waals surface area contributed by atoms with Gasteiger partial charge in [0.15, 0.2) is 11.5 Å². The van der Waals surface area contributed by atoms with E-state index in [1.807, 2.05) is 78.5 Å². The molecule has 28 heavy (non-hydrogen) atoms. The monoisotopic (exact) mass is 370 g/mol. The Morgan fingerprint density at radius 2 is 1.82 bits per heavy atom. The number of hydrogen-bond donors (Lipinski definition) is 0. The number of para-hydroxylation sites is 1. The highest BCUT2D eigenvalue weighted by molar-refractivity contribution is 5.73. The molecule has 0 N–H and O–H groups in total. The van der Waals surface area contributed by atoms with Crippen molar-refractivity contribution in [3.05, 3.63) is 72.4 Å². The van der Waals surface area contributed by atoms with Crippen molar-refractivity contribution in [3.8, 4) is 17.1 Å². The minimum absolute atomic E-state index is 0.512. The number of aryl methyl sites for hydroxylation is 1. The van der Waals surface area contributed by atoms with E-state index in [4.69, 9.17) is 4.74 Å². The number of aromatic nitrogens is 6. The van der Waals surface area contributed by atoms with Crippen molar-refractivity contribution in [2.24, 2.45) is 0 Å². The fraction of sp³-hybridized carbons (Fsp3) is 0.143. The SMILES string of the molecule is Cc1cccn2nc(-c3ccc(OCCn4nnc5ccccc54)cc3)nc12. The fourth-order valence-electron chi connectivity index (χ4n) is 3.19. The molecule has 0 aliphatic heterocycles. The van der Waals surface area contributed by atoms with E-state index in [2.05, 4.69) is 20.4 Å². The van der Waals surface area contributed by atoms with Gasteiger partial charge in [0.1, 0.15) is 17.9 Å². The summed E-state index contributed by atoms with van der Waals surface area (Å²) >= 11 is 0. The van der Waals surface area contributed by atoms with Crippen LogP contribution in [0.5, 0.6) is 5.75 Å². The molecule has 0 amide bonds. The largest absolute Gasteiger partial charge is 0.492 e. The van der Waals surface area contributed by atoms with Crippen LogP contribution in [0.4, 0.5) is 0 Å². The van der Waals surface area contributed by atoms with Gasteiger partial charge in [-0.2, -0.15) is 0 Å². The molecule has 0 aliphatic carbocycles. The van der Waals surface area contributed by atoms with E-state index in [0.717, 1.165) is 33.6 Å². The van der Waals surface area contributed by atoms with Crippen LogP contribution in [-0.2, 0) is 6.54 Å². The zero-order valence-electron chi connectivity index (χ0n) is 15.4. The maximum Gasteiger partial charge on any atom is 0.182 e. The summed E-state index contributed by atoms with van der Waals surface area (Å²) in [5, 5.41) is 12.9. The summed E-state index contributed by atoms with van der Waals surface area (Å²) in [6.07, 6.45) is 1.91. The van der Waals surface area contributed by atoms with E-state index >= 15 is 0 Å². The molecule has 0 saturated heterocycles. The molecule has 0 radical (unpaired) electrons. The van der Waals surface area contributed by atoms with Gasteiger partial charge in [-0.1, -0.05) is 23.4 Å². The Labute approximate surface area is 161 Å². The molecular formula is C21H18N6O. The predicted octanol–water partition coefficient (Wildman–Crippen LogP) is 3.53. The van der Waals surface area contributed by atoms with Gasteiger partial charge in [0, 0.05) is 11.8 Å². The molecule has 0 fully saturated rings. The third-order valence-corrected chi connectivity index (χ3v) is 4.66. The summed E-state index contributed by atoms with van der Waals surface area (Å²) in [6.45, 7) is 3.18. The van der Waals surface area contributed by atoms with Gasteiger partial charge in [-0.15, -0.1) is 10.2 Å². The maximum atomic E-state index is 5.86. The topological polar surface area (TPSA) is 70.1 Å². The Kier molecular flexibility index (Phi) is 3.97. The lowest BCUT2D eigenvalue weighted by Gasteiger charge is -2.07. The molecule has 3 aromatic heterocycles. The zero-order chi connectivity index (χ0) is 18.9. The third-order valence-electron chi connectivity index (χ3n) is 4.66. The van der Waals surface area contributed by atoms with E-state index < -0.39 is 0 Å². The van der Waals surface area contributed by atoms with E-state index in [-0.39, 0.29) is 0 Å². The van der Waals surface area contributed by atoms with Crippen molar-refractivity contribution in [3.63, 3.8) is 0 Å². The molecule has 138 valence electrons. The lowest BCUT2D eigenvalue weighted by Crippen LogP contribution is -2.09. The highest BCUT2D eigenvalue weighted by Crippen LogP contribution is 2.21. The van der Waals surface area contributed by atoms with Crippen molar-refractivity contribution in [2.45, 2.75) is 13.5 Å². The van der Waals surface area contributed by atoms with Crippen LogP contribution in [0, 0.1) is 6.92 Å². The second-order valence-electron chi connectivity index (χ2n) is 6.57. The Bertz CT molecular complexity index is 1260. The number of benzene rings is 2. The van der Waals surface area contributed by atoms with Crippen LogP contribution < -0.4 is 4.74 Å². The minimum Gasteiger partial charge on any atom is -0.492 e. The summed E-state index contributed by atoms with van der Waals surface area (Å²) < 4.78 is 9.52. The van der Waals surface area contributed by atoms with Crippen LogP contribution in [-0.4, -0.2) is 36.2 Å². The summed E-state index contributed by atoms with van der Waals surface area (Å²) in [5.41, 5.74) is 4.83. The van der Waals surface area contributed by atoms with Gasteiger partial charge in [-0.05, 0) is 55.0 Å². The first-order valence-electron chi connectivity index (χ1n) is 9.11. The van der Waals surface area contributed by atoms with Crippen molar-refractivity contribution in [1.82, 2.24) is 29.6 Å². The van der Waals surface area contributed by atoms with E-state index in [1.165, 1.54) is 0 Å².